The maximum Gasteiger partial charge on any atom is 0.151 e. The lowest BCUT2D eigenvalue weighted by molar-refractivity contribution is 0.301. The molecule has 1 aromatic heterocycles. The summed E-state index contributed by atoms with van der Waals surface area (Å²) in [7, 11) is -0.924. The quantitative estimate of drug-likeness (QED) is 0.846. The van der Waals surface area contributed by atoms with Crippen LogP contribution in [0.2, 0.25) is 0 Å². The van der Waals surface area contributed by atoms with Gasteiger partial charge in [-0.1, -0.05) is 12.1 Å². The Bertz CT molecular complexity index is 882. The first-order valence-corrected chi connectivity index (χ1v) is 9.84. The van der Waals surface area contributed by atoms with Crippen molar-refractivity contribution in [3.63, 3.8) is 0 Å². The van der Waals surface area contributed by atoms with Crippen LogP contribution < -0.4 is 9.64 Å². The molecule has 0 aliphatic carbocycles. The number of hydrogen-bond acceptors (Lipinski definition) is 6. The predicted molar refractivity (Wildman–Crippen MR) is 91.8 cm³/mol. The molecule has 7 heteroatoms. The second-order valence-electron chi connectivity index (χ2n) is 6.51. The zero-order chi connectivity index (χ0) is 16.7. The second-order valence-corrected chi connectivity index (χ2v) is 8.74. The Morgan fingerprint density at radius 2 is 2.12 bits per heavy atom. The van der Waals surface area contributed by atoms with E-state index >= 15 is 0 Å². The Hall–Kier alpha value is -2.15. The third-order valence-electron chi connectivity index (χ3n) is 4.64. The molecule has 2 aliphatic heterocycles. The summed E-state index contributed by atoms with van der Waals surface area (Å²) in [6.07, 6.45) is 0.724. The summed E-state index contributed by atoms with van der Waals surface area (Å²) < 4.78 is 29.0. The van der Waals surface area contributed by atoms with Gasteiger partial charge >= 0.3 is 0 Å². The molecule has 126 valence electrons. The van der Waals surface area contributed by atoms with Gasteiger partial charge in [0, 0.05) is 24.7 Å². The number of hydrogen-bond donors (Lipinski definition) is 0. The van der Waals surface area contributed by atoms with Crippen LogP contribution in [0.3, 0.4) is 0 Å². The number of aromatic nitrogens is 2. The van der Waals surface area contributed by atoms with Gasteiger partial charge in [-0.2, -0.15) is 0 Å². The van der Waals surface area contributed by atoms with Crippen molar-refractivity contribution in [2.24, 2.45) is 5.92 Å². The van der Waals surface area contributed by atoms with E-state index in [1.165, 1.54) is 0 Å². The van der Waals surface area contributed by atoms with Gasteiger partial charge in [0.2, 0.25) is 0 Å². The fraction of sp³-hybridized carbons (Fsp3) is 0.412. The second kappa shape index (κ2) is 5.73. The van der Waals surface area contributed by atoms with E-state index in [0.29, 0.717) is 18.9 Å². The van der Waals surface area contributed by atoms with Gasteiger partial charge in [0.1, 0.15) is 18.1 Å². The standard InChI is InChI=1S/C17H19N3O3S/c1-20(9-12-6-7-24(21,22)11-12)16-8-13-10-23-15-5-3-2-4-14(15)17(13)19-18-16/h2-5,8,12H,6-7,9-11H2,1H3. The number of fused-ring (bicyclic) bond motifs is 3. The van der Waals surface area contributed by atoms with Gasteiger partial charge in [-0.15, -0.1) is 10.2 Å². The molecule has 0 radical (unpaired) electrons. The summed E-state index contributed by atoms with van der Waals surface area (Å²) in [5.41, 5.74) is 2.82. The highest BCUT2D eigenvalue weighted by atomic mass is 32.2. The summed E-state index contributed by atoms with van der Waals surface area (Å²) in [4.78, 5) is 1.99. The van der Waals surface area contributed by atoms with E-state index in [-0.39, 0.29) is 11.7 Å². The molecule has 0 spiro atoms. The molecule has 0 N–H and O–H groups in total. The van der Waals surface area contributed by atoms with Crippen LogP contribution in [0.25, 0.3) is 11.3 Å². The third-order valence-corrected chi connectivity index (χ3v) is 6.47. The largest absolute Gasteiger partial charge is 0.488 e. The van der Waals surface area contributed by atoms with Crippen LogP contribution in [-0.2, 0) is 16.4 Å². The predicted octanol–water partition coefficient (Wildman–Crippen LogP) is 1.91. The molecule has 4 rings (SSSR count). The van der Waals surface area contributed by atoms with E-state index in [1.54, 1.807) is 0 Å². The molecule has 1 atom stereocenters. The summed E-state index contributed by atoms with van der Waals surface area (Å²) in [6.45, 7) is 1.14. The van der Waals surface area contributed by atoms with Gasteiger partial charge < -0.3 is 9.64 Å². The van der Waals surface area contributed by atoms with E-state index in [0.717, 1.165) is 34.8 Å². The summed E-state index contributed by atoms with van der Waals surface area (Å²) in [5.74, 6) is 2.31. The number of sulfone groups is 1. The molecule has 1 saturated heterocycles. The Morgan fingerprint density at radius 3 is 2.92 bits per heavy atom. The monoisotopic (exact) mass is 345 g/mol. The lowest BCUT2D eigenvalue weighted by Gasteiger charge is -2.24. The fourth-order valence-corrected chi connectivity index (χ4v) is 5.23. The minimum Gasteiger partial charge on any atom is -0.488 e. The molecule has 2 aromatic rings. The lowest BCUT2D eigenvalue weighted by atomic mass is 10.0. The van der Waals surface area contributed by atoms with Gasteiger partial charge in [-0.3, -0.25) is 0 Å². The number of benzene rings is 1. The highest BCUT2D eigenvalue weighted by Crippen LogP contribution is 2.36. The van der Waals surface area contributed by atoms with Gasteiger partial charge in [0.15, 0.2) is 15.7 Å². The van der Waals surface area contributed by atoms with Crippen LogP contribution in [0.1, 0.15) is 12.0 Å². The van der Waals surface area contributed by atoms with E-state index in [4.69, 9.17) is 4.74 Å². The van der Waals surface area contributed by atoms with Gasteiger partial charge in [0.25, 0.3) is 0 Å². The Morgan fingerprint density at radius 1 is 1.29 bits per heavy atom. The zero-order valence-corrected chi connectivity index (χ0v) is 14.3. The molecule has 0 saturated carbocycles. The zero-order valence-electron chi connectivity index (χ0n) is 13.5. The van der Waals surface area contributed by atoms with E-state index in [1.807, 2.05) is 42.3 Å². The first-order chi connectivity index (χ1) is 11.5. The van der Waals surface area contributed by atoms with Crippen molar-refractivity contribution >= 4 is 15.7 Å². The average molecular weight is 345 g/mol. The van der Waals surface area contributed by atoms with Crippen LogP contribution in [0, 0.1) is 5.92 Å². The van der Waals surface area contributed by atoms with Crippen molar-refractivity contribution in [2.45, 2.75) is 13.0 Å². The van der Waals surface area contributed by atoms with E-state index in [9.17, 15) is 8.42 Å². The van der Waals surface area contributed by atoms with Crippen LogP contribution >= 0.6 is 0 Å². The number of anilines is 1. The summed E-state index contributed by atoms with van der Waals surface area (Å²) in [6, 6.07) is 9.80. The SMILES string of the molecule is CN(CC1CCS(=O)(=O)C1)c1cc2c(nn1)-c1ccccc1OC2. The van der Waals surface area contributed by atoms with Crippen molar-refractivity contribution in [3.8, 4) is 17.0 Å². The van der Waals surface area contributed by atoms with E-state index < -0.39 is 9.84 Å². The third kappa shape index (κ3) is 2.84. The van der Waals surface area contributed by atoms with Crippen molar-refractivity contribution in [3.05, 3.63) is 35.9 Å². The molecule has 6 nitrogen and oxygen atoms in total. The number of nitrogens with zero attached hydrogens (tertiary/aromatic N) is 3. The lowest BCUT2D eigenvalue weighted by Crippen LogP contribution is -2.27. The fourth-order valence-electron chi connectivity index (χ4n) is 3.38. The van der Waals surface area contributed by atoms with Crippen molar-refractivity contribution in [1.29, 1.82) is 0 Å². The Labute approximate surface area is 141 Å². The van der Waals surface area contributed by atoms with Crippen molar-refractivity contribution < 1.29 is 13.2 Å². The highest BCUT2D eigenvalue weighted by Gasteiger charge is 2.29. The number of para-hydroxylation sites is 1. The Balaban J connectivity index is 1.56. The number of ether oxygens (including phenoxy) is 1. The minimum absolute atomic E-state index is 0.162. The topological polar surface area (TPSA) is 72.4 Å². The molecule has 1 unspecified atom stereocenters. The van der Waals surface area contributed by atoms with Crippen molar-refractivity contribution in [1.82, 2.24) is 10.2 Å². The molecule has 24 heavy (non-hydrogen) atoms. The molecular formula is C17H19N3O3S. The van der Waals surface area contributed by atoms with Gasteiger partial charge in [-0.25, -0.2) is 8.42 Å². The first-order valence-electron chi connectivity index (χ1n) is 8.02. The van der Waals surface area contributed by atoms with Crippen LogP contribution in [-0.4, -0.2) is 43.7 Å². The highest BCUT2D eigenvalue weighted by molar-refractivity contribution is 7.91. The molecule has 1 aromatic carbocycles. The first kappa shape index (κ1) is 15.4. The minimum atomic E-state index is -2.85. The summed E-state index contributed by atoms with van der Waals surface area (Å²) in [5, 5.41) is 8.74. The van der Waals surface area contributed by atoms with Gasteiger partial charge in [-0.05, 0) is 30.5 Å². The van der Waals surface area contributed by atoms with E-state index in [2.05, 4.69) is 10.2 Å². The number of rotatable bonds is 3. The molecule has 0 amide bonds. The Kier molecular flexibility index (Phi) is 3.68. The molecule has 2 aliphatic rings. The normalized spacial score (nSPS) is 20.8. The van der Waals surface area contributed by atoms with Crippen LogP contribution in [0.15, 0.2) is 30.3 Å². The molecule has 1 fully saturated rings. The maximum absolute atomic E-state index is 11.6. The average Bonchev–Trinajstić information content (AvgIpc) is 2.92. The van der Waals surface area contributed by atoms with Crippen LogP contribution in [0.4, 0.5) is 5.82 Å². The van der Waals surface area contributed by atoms with Crippen LogP contribution in [0.5, 0.6) is 5.75 Å². The maximum atomic E-state index is 11.6. The van der Waals surface area contributed by atoms with Gasteiger partial charge in [0.05, 0.1) is 11.5 Å². The smallest absolute Gasteiger partial charge is 0.151 e. The molecule has 0 bridgehead atoms. The molecular weight excluding hydrogens is 326 g/mol. The van der Waals surface area contributed by atoms with Crippen molar-refractivity contribution in [2.75, 3.05) is 30.0 Å². The summed E-state index contributed by atoms with van der Waals surface area (Å²) >= 11 is 0. The molecule has 3 heterocycles.